The molecule has 0 bridgehead atoms. The second-order valence-electron chi connectivity index (χ2n) is 6.61. The summed E-state index contributed by atoms with van der Waals surface area (Å²) < 4.78 is 0. The summed E-state index contributed by atoms with van der Waals surface area (Å²) >= 11 is 0. The van der Waals surface area contributed by atoms with Crippen molar-refractivity contribution in [2.45, 2.75) is 13.8 Å². The number of pyridine rings is 1. The number of hydrogen-bond acceptors (Lipinski definition) is 5. The number of carbonyl (C=O) groups excluding carboxylic acids is 2. The summed E-state index contributed by atoms with van der Waals surface area (Å²) in [5.41, 5.74) is 2.53. The molecular formula is C20H21N5O3. The maximum atomic E-state index is 12.6. The van der Waals surface area contributed by atoms with E-state index in [4.69, 9.17) is 0 Å². The molecule has 144 valence electrons. The van der Waals surface area contributed by atoms with Crippen molar-refractivity contribution in [3.05, 3.63) is 69.3 Å². The number of rotatable bonds is 5. The Labute approximate surface area is 161 Å². The molecule has 0 aliphatic rings. The minimum Gasteiger partial charge on any atom is -0.349 e. The van der Waals surface area contributed by atoms with Crippen LogP contribution in [0.15, 0.2) is 41.2 Å². The number of nitrogens with one attached hydrogen (secondary N) is 2. The van der Waals surface area contributed by atoms with Crippen molar-refractivity contribution in [1.82, 2.24) is 25.4 Å². The van der Waals surface area contributed by atoms with Crippen LogP contribution in [-0.2, 0) is 0 Å². The number of aryl methyl sites for hydroxylation is 2. The van der Waals surface area contributed by atoms with Gasteiger partial charge in [-0.2, -0.15) is 5.10 Å². The average Bonchev–Trinajstić information content (AvgIpc) is 2.68. The molecule has 2 heterocycles. The Morgan fingerprint density at radius 1 is 1.14 bits per heavy atom. The number of carbonyl (C=O) groups is 2. The molecule has 0 spiro atoms. The minimum atomic E-state index is -0.410. The highest BCUT2D eigenvalue weighted by atomic mass is 16.2. The van der Waals surface area contributed by atoms with E-state index >= 15 is 0 Å². The third kappa shape index (κ3) is 4.22. The van der Waals surface area contributed by atoms with Crippen LogP contribution in [0.3, 0.4) is 0 Å². The van der Waals surface area contributed by atoms with Crippen molar-refractivity contribution in [1.29, 1.82) is 0 Å². The van der Waals surface area contributed by atoms with Gasteiger partial charge >= 0.3 is 0 Å². The van der Waals surface area contributed by atoms with Gasteiger partial charge in [0.2, 0.25) is 0 Å². The number of nitrogens with zero attached hydrogens (tertiary/aromatic N) is 3. The largest absolute Gasteiger partial charge is 0.349 e. The highest BCUT2D eigenvalue weighted by Gasteiger charge is 2.14. The summed E-state index contributed by atoms with van der Waals surface area (Å²) in [7, 11) is 1.68. The molecule has 0 saturated carbocycles. The number of benzene rings is 1. The van der Waals surface area contributed by atoms with Gasteiger partial charge in [0.05, 0.1) is 5.52 Å². The maximum absolute atomic E-state index is 12.6. The van der Waals surface area contributed by atoms with Crippen LogP contribution in [-0.4, -0.2) is 52.0 Å². The van der Waals surface area contributed by atoms with Gasteiger partial charge in [-0.25, -0.2) is 5.10 Å². The number of likely N-dealkylation sites (N-methyl/N-ethyl adjacent to an activating group) is 1. The summed E-state index contributed by atoms with van der Waals surface area (Å²) in [6, 6.07) is 10.7. The van der Waals surface area contributed by atoms with Crippen LogP contribution in [0.5, 0.6) is 0 Å². The first-order valence-electron chi connectivity index (χ1n) is 8.82. The lowest BCUT2D eigenvalue weighted by molar-refractivity contribution is 0.0787. The summed E-state index contributed by atoms with van der Waals surface area (Å²) in [6.07, 6.45) is 0. The fourth-order valence-corrected chi connectivity index (χ4v) is 2.73. The van der Waals surface area contributed by atoms with E-state index in [-0.39, 0.29) is 23.7 Å². The Kier molecular flexibility index (Phi) is 5.49. The molecule has 0 atom stereocenters. The summed E-state index contributed by atoms with van der Waals surface area (Å²) in [5, 5.41) is 9.58. The van der Waals surface area contributed by atoms with Crippen molar-refractivity contribution < 1.29 is 9.59 Å². The SMILES string of the molecule is Cc1ccc2cc(C(=O)N(C)CCNC(=O)c3cc(C)c(=O)[nH]n3)ccc2n1. The fourth-order valence-electron chi connectivity index (χ4n) is 2.73. The van der Waals surface area contributed by atoms with Crippen LogP contribution in [0, 0.1) is 13.8 Å². The van der Waals surface area contributed by atoms with Gasteiger partial charge in [-0.05, 0) is 44.2 Å². The van der Waals surface area contributed by atoms with Crippen molar-refractivity contribution in [3.8, 4) is 0 Å². The smallest absolute Gasteiger partial charge is 0.271 e. The molecule has 2 amide bonds. The molecule has 0 unspecified atom stereocenters. The average molecular weight is 379 g/mol. The molecule has 8 nitrogen and oxygen atoms in total. The number of fused-ring (bicyclic) bond motifs is 1. The standard InChI is InChI=1S/C20H21N5O3/c1-12-10-17(23-24-18(12)26)19(27)21-8-9-25(3)20(28)15-6-7-16-14(11-15)5-4-13(2)22-16/h4-7,10-11H,8-9H2,1-3H3,(H,21,27)(H,24,26). The van der Waals surface area contributed by atoms with Crippen molar-refractivity contribution in [3.63, 3.8) is 0 Å². The molecule has 0 aliphatic carbocycles. The van der Waals surface area contributed by atoms with E-state index in [1.54, 1.807) is 20.0 Å². The lowest BCUT2D eigenvalue weighted by Crippen LogP contribution is -2.36. The molecule has 8 heteroatoms. The first-order chi connectivity index (χ1) is 13.3. The van der Waals surface area contributed by atoms with Gasteiger partial charge < -0.3 is 10.2 Å². The summed E-state index contributed by atoms with van der Waals surface area (Å²) in [5.74, 6) is -0.554. The van der Waals surface area contributed by atoms with Gasteiger partial charge in [-0.3, -0.25) is 19.4 Å². The van der Waals surface area contributed by atoms with Crippen LogP contribution in [0.1, 0.15) is 32.1 Å². The number of aromatic nitrogens is 3. The van der Waals surface area contributed by atoms with Gasteiger partial charge in [0.25, 0.3) is 17.4 Å². The van der Waals surface area contributed by atoms with E-state index < -0.39 is 5.91 Å². The molecule has 28 heavy (non-hydrogen) atoms. The monoisotopic (exact) mass is 379 g/mol. The highest BCUT2D eigenvalue weighted by molar-refractivity contribution is 5.98. The molecule has 0 radical (unpaired) electrons. The third-order valence-corrected chi connectivity index (χ3v) is 4.38. The maximum Gasteiger partial charge on any atom is 0.271 e. The fraction of sp³-hybridized carbons (Fsp3) is 0.250. The second kappa shape index (κ2) is 7.99. The van der Waals surface area contributed by atoms with Crippen LogP contribution in [0.2, 0.25) is 0 Å². The van der Waals surface area contributed by atoms with Crippen LogP contribution >= 0.6 is 0 Å². The van der Waals surface area contributed by atoms with Crippen LogP contribution in [0.4, 0.5) is 0 Å². The Morgan fingerprint density at radius 3 is 2.68 bits per heavy atom. The normalized spacial score (nSPS) is 10.7. The Hall–Kier alpha value is -3.55. The molecule has 1 aromatic carbocycles. The second-order valence-corrected chi connectivity index (χ2v) is 6.61. The van der Waals surface area contributed by atoms with E-state index in [1.807, 2.05) is 31.2 Å². The Morgan fingerprint density at radius 2 is 1.93 bits per heavy atom. The van der Waals surface area contributed by atoms with E-state index in [0.29, 0.717) is 17.7 Å². The minimum absolute atomic E-state index is 0.128. The van der Waals surface area contributed by atoms with Crippen LogP contribution < -0.4 is 10.9 Å². The van der Waals surface area contributed by atoms with Gasteiger partial charge in [0, 0.05) is 42.3 Å². The van der Waals surface area contributed by atoms with Gasteiger partial charge in [0.15, 0.2) is 0 Å². The summed E-state index contributed by atoms with van der Waals surface area (Å²) in [6.45, 7) is 4.11. The lowest BCUT2D eigenvalue weighted by atomic mass is 10.1. The molecule has 2 N–H and O–H groups in total. The van der Waals surface area contributed by atoms with E-state index in [2.05, 4.69) is 20.5 Å². The van der Waals surface area contributed by atoms with Crippen molar-refractivity contribution in [2.75, 3.05) is 20.1 Å². The van der Waals surface area contributed by atoms with Gasteiger partial charge in [-0.1, -0.05) is 6.07 Å². The van der Waals surface area contributed by atoms with Crippen molar-refractivity contribution in [2.24, 2.45) is 0 Å². The molecule has 3 rings (SSSR count). The zero-order valence-corrected chi connectivity index (χ0v) is 15.9. The lowest BCUT2D eigenvalue weighted by Gasteiger charge is -2.17. The first kappa shape index (κ1) is 19.2. The zero-order chi connectivity index (χ0) is 20.3. The zero-order valence-electron chi connectivity index (χ0n) is 15.9. The van der Waals surface area contributed by atoms with E-state index in [0.717, 1.165) is 16.6 Å². The van der Waals surface area contributed by atoms with E-state index in [1.165, 1.54) is 11.0 Å². The summed E-state index contributed by atoms with van der Waals surface area (Å²) in [4.78, 5) is 42.0. The topological polar surface area (TPSA) is 108 Å². The number of amides is 2. The third-order valence-electron chi connectivity index (χ3n) is 4.38. The number of H-pyrrole nitrogens is 1. The molecule has 3 aromatic rings. The molecule has 0 fully saturated rings. The molecular weight excluding hydrogens is 358 g/mol. The predicted molar refractivity (Wildman–Crippen MR) is 105 cm³/mol. The number of aromatic amines is 1. The quantitative estimate of drug-likeness (QED) is 0.697. The predicted octanol–water partition coefficient (Wildman–Crippen LogP) is 1.44. The molecule has 0 saturated heterocycles. The Bertz CT molecular complexity index is 1110. The molecule has 0 aliphatic heterocycles. The van der Waals surface area contributed by atoms with Gasteiger partial charge in [0.1, 0.15) is 5.69 Å². The van der Waals surface area contributed by atoms with Crippen molar-refractivity contribution >= 4 is 22.7 Å². The molecule has 2 aromatic heterocycles. The van der Waals surface area contributed by atoms with Gasteiger partial charge in [-0.15, -0.1) is 0 Å². The number of hydrogen-bond donors (Lipinski definition) is 2. The first-order valence-corrected chi connectivity index (χ1v) is 8.82. The van der Waals surface area contributed by atoms with E-state index in [9.17, 15) is 14.4 Å². The van der Waals surface area contributed by atoms with Crippen LogP contribution in [0.25, 0.3) is 10.9 Å². The Balaban J connectivity index is 1.59. The highest BCUT2D eigenvalue weighted by Crippen LogP contribution is 2.15.